The Kier molecular flexibility index (Phi) is 6.08. The minimum Gasteiger partial charge on any atom is -0.471 e. The smallest absolute Gasteiger partial charge is 0.423 e. The minimum atomic E-state index is -4.89. The molecule has 2 aromatic rings. The second-order valence-electron chi connectivity index (χ2n) is 6.93. The molecule has 2 atom stereocenters. The standard InChI is InChI=1S/C17H17F5N4O4S/c18-16(19)6-5-13(12(27)7-16)30-14-11(17(20,21)22)8-24-15(26-14)25-9-1-3-10(4-2-9)31(23,28)29/h1-4,8,12-13,27H,5-7H2,(H2,23,28,29)(H,24,25,26). The summed E-state index contributed by atoms with van der Waals surface area (Å²) in [5.74, 6) is -4.39. The fraction of sp³-hybridized carbons (Fsp3) is 0.412. The third-order valence-electron chi connectivity index (χ3n) is 4.49. The first-order valence-corrected chi connectivity index (χ1v) is 10.4. The van der Waals surface area contributed by atoms with Gasteiger partial charge in [-0.2, -0.15) is 18.2 Å². The lowest BCUT2D eigenvalue weighted by Crippen LogP contribution is -2.43. The summed E-state index contributed by atoms with van der Waals surface area (Å²) >= 11 is 0. The fourth-order valence-corrected chi connectivity index (χ4v) is 3.45. The number of hydrogen-bond donors (Lipinski definition) is 3. The lowest BCUT2D eigenvalue weighted by atomic mass is 9.91. The molecule has 0 aliphatic heterocycles. The number of nitrogens with two attached hydrogens (primary N) is 1. The Balaban J connectivity index is 1.85. The third-order valence-corrected chi connectivity index (χ3v) is 5.42. The Morgan fingerprint density at radius 2 is 1.87 bits per heavy atom. The van der Waals surface area contributed by atoms with Crippen molar-refractivity contribution < 1.29 is 40.2 Å². The molecule has 4 N–H and O–H groups in total. The molecule has 8 nitrogen and oxygen atoms in total. The number of nitrogens with zero attached hydrogens (tertiary/aromatic N) is 2. The van der Waals surface area contributed by atoms with Gasteiger partial charge in [0, 0.05) is 24.7 Å². The maximum Gasteiger partial charge on any atom is 0.423 e. The number of anilines is 2. The number of aliphatic hydroxyl groups is 1. The summed E-state index contributed by atoms with van der Waals surface area (Å²) in [6.45, 7) is 0. The van der Waals surface area contributed by atoms with Gasteiger partial charge in [0.15, 0.2) is 0 Å². The molecule has 0 spiro atoms. The van der Waals surface area contributed by atoms with Gasteiger partial charge in [0.2, 0.25) is 21.9 Å². The minimum absolute atomic E-state index is 0.182. The number of halogens is 5. The van der Waals surface area contributed by atoms with E-state index in [2.05, 4.69) is 15.3 Å². The van der Waals surface area contributed by atoms with Crippen molar-refractivity contribution in [2.45, 2.75) is 48.5 Å². The summed E-state index contributed by atoms with van der Waals surface area (Å²) in [6, 6.07) is 4.90. The zero-order valence-corrected chi connectivity index (χ0v) is 16.4. The highest BCUT2D eigenvalue weighted by atomic mass is 32.2. The highest BCUT2D eigenvalue weighted by Crippen LogP contribution is 2.39. The average Bonchev–Trinajstić information content (AvgIpc) is 2.62. The predicted octanol–water partition coefficient (Wildman–Crippen LogP) is 2.81. The molecule has 31 heavy (non-hydrogen) atoms. The van der Waals surface area contributed by atoms with Crippen LogP contribution in [0.25, 0.3) is 0 Å². The Hall–Kier alpha value is -2.58. The maximum atomic E-state index is 13.4. The number of ether oxygens (including phenoxy) is 1. The SMILES string of the molecule is NS(=O)(=O)c1ccc(Nc2ncc(C(F)(F)F)c(OC3CCC(F)(F)CC3O)n2)cc1. The van der Waals surface area contributed by atoms with Crippen molar-refractivity contribution in [3.05, 3.63) is 36.0 Å². The van der Waals surface area contributed by atoms with Crippen LogP contribution in [0.5, 0.6) is 5.88 Å². The molecule has 1 aliphatic carbocycles. The highest BCUT2D eigenvalue weighted by Gasteiger charge is 2.43. The lowest BCUT2D eigenvalue weighted by Gasteiger charge is -2.33. The topological polar surface area (TPSA) is 127 Å². The van der Waals surface area contributed by atoms with E-state index in [0.29, 0.717) is 6.20 Å². The molecule has 170 valence electrons. The molecule has 0 saturated heterocycles. The van der Waals surface area contributed by atoms with Crippen molar-refractivity contribution in [2.24, 2.45) is 5.14 Å². The van der Waals surface area contributed by atoms with Gasteiger partial charge >= 0.3 is 6.18 Å². The molecule has 14 heteroatoms. The van der Waals surface area contributed by atoms with Crippen molar-refractivity contribution in [3.8, 4) is 5.88 Å². The Bertz CT molecular complexity index is 1050. The van der Waals surface area contributed by atoms with E-state index in [9.17, 15) is 35.5 Å². The number of benzene rings is 1. The molecule has 1 saturated carbocycles. The van der Waals surface area contributed by atoms with Crippen molar-refractivity contribution >= 4 is 21.7 Å². The Morgan fingerprint density at radius 1 is 1.23 bits per heavy atom. The Labute approximate surface area is 173 Å². The third kappa shape index (κ3) is 5.77. The maximum absolute atomic E-state index is 13.4. The number of primary sulfonamides is 1. The first-order chi connectivity index (χ1) is 14.2. The number of hydrogen-bond acceptors (Lipinski definition) is 7. The summed E-state index contributed by atoms with van der Waals surface area (Å²) in [6.07, 6.45) is -9.39. The van der Waals surface area contributed by atoms with Crippen LogP contribution in [0.2, 0.25) is 0 Å². The molecule has 3 rings (SSSR count). The summed E-state index contributed by atoms with van der Waals surface area (Å²) in [5.41, 5.74) is -1.11. The molecule has 1 aliphatic rings. The quantitative estimate of drug-likeness (QED) is 0.576. The van der Waals surface area contributed by atoms with Crippen LogP contribution in [-0.4, -0.2) is 41.6 Å². The van der Waals surface area contributed by atoms with Crippen LogP contribution in [0, 0.1) is 0 Å². The summed E-state index contributed by atoms with van der Waals surface area (Å²) < 4.78 is 94.4. The second kappa shape index (κ2) is 8.16. The van der Waals surface area contributed by atoms with E-state index in [1.54, 1.807) is 0 Å². The van der Waals surface area contributed by atoms with E-state index >= 15 is 0 Å². The first kappa shape index (κ1) is 23.1. The first-order valence-electron chi connectivity index (χ1n) is 8.81. The van der Waals surface area contributed by atoms with Crippen LogP contribution >= 0.6 is 0 Å². The van der Waals surface area contributed by atoms with Crippen LogP contribution in [0.3, 0.4) is 0 Å². The van der Waals surface area contributed by atoms with Gasteiger partial charge in [-0.05, 0) is 30.7 Å². The number of sulfonamides is 1. The van der Waals surface area contributed by atoms with E-state index in [1.165, 1.54) is 12.1 Å². The van der Waals surface area contributed by atoms with Crippen molar-refractivity contribution in [1.29, 1.82) is 0 Å². The molecule has 0 radical (unpaired) electrons. The van der Waals surface area contributed by atoms with Gasteiger partial charge in [0.1, 0.15) is 11.7 Å². The molecule has 1 heterocycles. The van der Waals surface area contributed by atoms with E-state index in [-0.39, 0.29) is 23.0 Å². The number of aliphatic hydroxyl groups excluding tert-OH is 1. The molecule has 1 fully saturated rings. The molecular weight excluding hydrogens is 451 g/mol. The normalized spacial score (nSPS) is 21.5. The summed E-state index contributed by atoms with van der Waals surface area (Å²) in [5, 5.41) is 17.4. The van der Waals surface area contributed by atoms with Crippen molar-refractivity contribution in [3.63, 3.8) is 0 Å². The number of alkyl halides is 5. The van der Waals surface area contributed by atoms with Crippen molar-refractivity contribution in [1.82, 2.24) is 9.97 Å². The largest absolute Gasteiger partial charge is 0.471 e. The van der Waals surface area contributed by atoms with Gasteiger partial charge < -0.3 is 15.2 Å². The fourth-order valence-electron chi connectivity index (χ4n) is 2.93. The highest BCUT2D eigenvalue weighted by molar-refractivity contribution is 7.89. The Morgan fingerprint density at radius 3 is 2.42 bits per heavy atom. The molecular formula is C17H17F5N4O4S. The average molecular weight is 468 g/mol. The molecule has 1 aromatic carbocycles. The molecule has 0 amide bonds. The molecule has 0 bridgehead atoms. The van der Waals surface area contributed by atoms with Crippen LogP contribution < -0.4 is 15.2 Å². The van der Waals surface area contributed by atoms with E-state index in [4.69, 9.17) is 9.88 Å². The van der Waals surface area contributed by atoms with E-state index in [1.807, 2.05) is 0 Å². The van der Waals surface area contributed by atoms with Crippen LogP contribution in [-0.2, 0) is 16.2 Å². The zero-order chi connectivity index (χ0) is 23.0. The van der Waals surface area contributed by atoms with Gasteiger partial charge in [-0.25, -0.2) is 27.3 Å². The number of aromatic nitrogens is 2. The van der Waals surface area contributed by atoms with Gasteiger partial charge in [-0.1, -0.05) is 0 Å². The lowest BCUT2D eigenvalue weighted by molar-refractivity contribution is -0.143. The molecule has 1 aromatic heterocycles. The summed E-state index contributed by atoms with van der Waals surface area (Å²) in [7, 11) is -3.93. The van der Waals surface area contributed by atoms with Crippen LogP contribution in [0.1, 0.15) is 24.8 Å². The predicted molar refractivity (Wildman–Crippen MR) is 97.4 cm³/mol. The second-order valence-corrected chi connectivity index (χ2v) is 8.49. The number of rotatable bonds is 5. The van der Waals surface area contributed by atoms with Gasteiger partial charge in [0.25, 0.3) is 5.92 Å². The zero-order valence-electron chi connectivity index (χ0n) is 15.6. The van der Waals surface area contributed by atoms with Gasteiger partial charge in [0.05, 0.1) is 11.0 Å². The van der Waals surface area contributed by atoms with Crippen LogP contribution in [0.4, 0.5) is 33.6 Å². The van der Waals surface area contributed by atoms with E-state index in [0.717, 1.165) is 12.1 Å². The monoisotopic (exact) mass is 468 g/mol. The summed E-state index contributed by atoms with van der Waals surface area (Å²) in [4.78, 5) is 7.04. The van der Waals surface area contributed by atoms with Gasteiger partial charge in [-0.3, -0.25) is 0 Å². The number of nitrogens with one attached hydrogen (secondary N) is 1. The molecule has 2 unspecified atom stereocenters. The van der Waals surface area contributed by atoms with Gasteiger partial charge in [-0.15, -0.1) is 0 Å². The van der Waals surface area contributed by atoms with Crippen molar-refractivity contribution in [2.75, 3.05) is 5.32 Å². The van der Waals surface area contributed by atoms with Crippen LogP contribution in [0.15, 0.2) is 35.4 Å². The van der Waals surface area contributed by atoms with E-state index < -0.39 is 58.6 Å².